The molecule has 6 heteroatoms. The van der Waals surface area contributed by atoms with Crippen molar-refractivity contribution in [2.45, 2.75) is 39.3 Å². The highest BCUT2D eigenvalue weighted by Gasteiger charge is 2.13. The van der Waals surface area contributed by atoms with E-state index in [1.807, 2.05) is 43.3 Å². The van der Waals surface area contributed by atoms with Crippen LogP contribution < -0.4 is 16.6 Å². The van der Waals surface area contributed by atoms with Crippen LogP contribution >= 0.6 is 0 Å². The summed E-state index contributed by atoms with van der Waals surface area (Å²) in [6.45, 7) is 3.17. The summed E-state index contributed by atoms with van der Waals surface area (Å²) in [6.07, 6.45) is 1.43. The molecular weight excluding hydrogens is 426 g/mol. The number of nitrogens with zero attached hydrogens (tertiary/aromatic N) is 2. The first-order valence-electron chi connectivity index (χ1n) is 11.6. The molecule has 0 aliphatic carbocycles. The molecule has 1 heterocycles. The Morgan fingerprint density at radius 3 is 2.29 bits per heavy atom. The average molecular weight is 456 g/mol. The molecule has 1 N–H and O–H groups in total. The lowest BCUT2D eigenvalue weighted by Crippen LogP contribution is -2.40. The summed E-state index contributed by atoms with van der Waals surface area (Å²) < 4.78 is 2.89. The lowest BCUT2D eigenvalue weighted by Gasteiger charge is -2.14. The van der Waals surface area contributed by atoms with Crippen LogP contribution in [0.1, 0.15) is 29.5 Å². The summed E-state index contributed by atoms with van der Waals surface area (Å²) >= 11 is 0. The van der Waals surface area contributed by atoms with Gasteiger partial charge in [0.2, 0.25) is 5.91 Å². The molecule has 3 aromatic carbocycles. The van der Waals surface area contributed by atoms with Crippen molar-refractivity contribution in [3.8, 4) is 0 Å². The number of carbonyl (C=O) groups excluding carboxylic acids is 1. The molecule has 174 valence electrons. The minimum Gasteiger partial charge on any atom is -0.356 e. The predicted molar refractivity (Wildman–Crippen MR) is 135 cm³/mol. The van der Waals surface area contributed by atoms with Crippen LogP contribution in [0.2, 0.25) is 0 Å². The summed E-state index contributed by atoms with van der Waals surface area (Å²) in [4.78, 5) is 38.6. The van der Waals surface area contributed by atoms with Crippen LogP contribution in [-0.2, 0) is 24.3 Å². The predicted octanol–water partition coefficient (Wildman–Crippen LogP) is 3.66. The molecule has 0 spiro atoms. The van der Waals surface area contributed by atoms with Crippen molar-refractivity contribution >= 4 is 16.8 Å². The van der Waals surface area contributed by atoms with Crippen molar-refractivity contribution in [2.75, 3.05) is 6.54 Å². The Labute approximate surface area is 198 Å². The quantitative estimate of drug-likeness (QED) is 0.419. The van der Waals surface area contributed by atoms with Gasteiger partial charge < -0.3 is 5.32 Å². The van der Waals surface area contributed by atoms with Gasteiger partial charge in [-0.3, -0.25) is 18.7 Å². The molecule has 34 heavy (non-hydrogen) atoms. The molecule has 4 aromatic rings. The first-order valence-corrected chi connectivity index (χ1v) is 11.6. The lowest BCUT2D eigenvalue weighted by atomic mass is 10.1. The summed E-state index contributed by atoms with van der Waals surface area (Å²) in [5.41, 5.74) is 3.31. The molecular formula is C28H29N3O3. The Hall–Kier alpha value is -3.93. The lowest BCUT2D eigenvalue weighted by molar-refractivity contribution is -0.121. The van der Waals surface area contributed by atoms with Crippen molar-refractivity contribution in [3.05, 3.63) is 116 Å². The van der Waals surface area contributed by atoms with E-state index in [1.165, 1.54) is 15.7 Å². The van der Waals surface area contributed by atoms with Crippen LogP contribution in [0.5, 0.6) is 0 Å². The van der Waals surface area contributed by atoms with Crippen LogP contribution in [0.3, 0.4) is 0 Å². The maximum atomic E-state index is 13.3. The average Bonchev–Trinajstić information content (AvgIpc) is 2.86. The van der Waals surface area contributed by atoms with E-state index in [0.29, 0.717) is 30.4 Å². The minimum absolute atomic E-state index is 0.0782. The fraction of sp³-hybridized carbons (Fsp3) is 0.250. The molecule has 0 atom stereocenters. The normalized spacial score (nSPS) is 11.0. The van der Waals surface area contributed by atoms with Crippen LogP contribution in [0.15, 0.2) is 88.5 Å². The minimum atomic E-state index is -0.354. The third kappa shape index (κ3) is 5.52. The third-order valence-electron chi connectivity index (χ3n) is 5.96. The maximum absolute atomic E-state index is 13.3. The second-order valence-electron chi connectivity index (χ2n) is 8.52. The number of benzene rings is 3. The monoisotopic (exact) mass is 455 g/mol. The molecule has 0 saturated heterocycles. The standard InChI is InChI=1S/C28H29N3O3/c1-21-13-15-22(16-14-21)17-18-29-26(32)12-7-19-30-27(33)24-10-5-6-11-25(24)31(28(30)34)20-23-8-3-2-4-9-23/h2-6,8-11,13-16H,7,12,17-20H2,1H3,(H,29,32). The van der Waals surface area contributed by atoms with Gasteiger partial charge in [-0.25, -0.2) is 4.79 Å². The number of amides is 1. The zero-order chi connectivity index (χ0) is 23.9. The highest BCUT2D eigenvalue weighted by atomic mass is 16.2. The van der Waals surface area contributed by atoms with Crippen molar-refractivity contribution < 1.29 is 4.79 Å². The van der Waals surface area contributed by atoms with E-state index in [0.717, 1.165) is 12.0 Å². The highest BCUT2D eigenvalue weighted by Crippen LogP contribution is 2.10. The molecule has 0 radical (unpaired) electrons. The molecule has 6 nitrogen and oxygen atoms in total. The number of fused-ring (bicyclic) bond motifs is 1. The zero-order valence-corrected chi connectivity index (χ0v) is 19.4. The topological polar surface area (TPSA) is 73.1 Å². The van der Waals surface area contributed by atoms with E-state index in [2.05, 4.69) is 29.6 Å². The second kappa shape index (κ2) is 10.8. The molecule has 0 fully saturated rings. The van der Waals surface area contributed by atoms with Gasteiger partial charge in [0, 0.05) is 19.5 Å². The van der Waals surface area contributed by atoms with Crippen LogP contribution in [0, 0.1) is 6.92 Å². The Morgan fingerprint density at radius 2 is 1.53 bits per heavy atom. The molecule has 0 bridgehead atoms. The summed E-state index contributed by atoms with van der Waals surface area (Å²) in [5, 5.41) is 3.43. The number of carbonyl (C=O) groups is 1. The zero-order valence-electron chi connectivity index (χ0n) is 19.4. The van der Waals surface area contributed by atoms with Gasteiger partial charge >= 0.3 is 5.69 Å². The smallest absolute Gasteiger partial charge is 0.331 e. The third-order valence-corrected chi connectivity index (χ3v) is 5.96. The molecule has 1 aromatic heterocycles. The number of aryl methyl sites for hydroxylation is 1. The van der Waals surface area contributed by atoms with Crippen LogP contribution in [0.4, 0.5) is 0 Å². The molecule has 0 unspecified atom stereocenters. The van der Waals surface area contributed by atoms with Crippen molar-refractivity contribution in [1.82, 2.24) is 14.5 Å². The fourth-order valence-corrected chi connectivity index (χ4v) is 4.07. The fourth-order valence-electron chi connectivity index (χ4n) is 4.07. The van der Waals surface area contributed by atoms with Gasteiger partial charge in [-0.1, -0.05) is 72.3 Å². The largest absolute Gasteiger partial charge is 0.356 e. The van der Waals surface area contributed by atoms with Crippen molar-refractivity contribution in [2.24, 2.45) is 0 Å². The molecule has 4 rings (SSSR count). The first kappa shape index (κ1) is 23.2. The number of nitrogens with one attached hydrogen (secondary N) is 1. The van der Waals surface area contributed by atoms with Crippen LogP contribution in [0.25, 0.3) is 10.9 Å². The van der Waals surface area contributed by atoms with Gasteiger partial charge in [-0.15, -0.1) is 0 Å². The Morgan fingerprint density at radius 1 is 0.824 bits per heavy atom. The molecule has 0 aliphatic rings. The van der Waals surface area contributed by atoms with Gasteiger partial charge in [0.15, 0.2) is 0 Å². The molecule has 0 aliphatic heterocycles. The van der Waals surface area contributed by atoms with Gasteiger partial charge in [-0.05, 0) is 43.0 Å². The first-order chi connectivity index (χ1) is 16.5. The van der Waals surface area contributed by atoms with E-state index in [4.69, 9.17) is 0 Å². The SMILES string of the molecule is Cc1ccc(CCNC(=O)CCCn2c(=O)c3ccccc3n(Cc3ccccc3)c2=O)cc1. The highest BCUT2D eigenvalue weighted by molar-refractivity contribution is 5.78. The van der Waals surface area contributed by atoms with E-state index in [9.17, 15) is 14.4 Å². The number of para-hydroxylation sites is 1. The summed E-state index contributed by atoms with van der Waals surface area (Å²) in [7, 11) is 0. The van der Waals surface area contributed by atoms with Gasteiger partial charge in [0.05, 0.1) is 17.4 Å². The van der Waals surface area contributed by atoms with E-state index < -0.39 is 0 Å². The Kier molecular flexibility index (Phi) is 7.38. The van der Waals surface area contributed by atoms with E-state index >= 15 is 0 Å². The van der Waals surface area contributed by atoms with Gasteiger partial charge in [-0.2, -0.15) is 0 Å². The van der Waals surface area contributed by atoms with E-state index in [1.54, 1.807) is 22.8 Å². The van der Waals surface area contributed by atoms with Crippen LogP contribution in [-0.4, -0.2) is 21.6 Å². The Balaban J connectivity index is 1.43. The summed E-state index contributed by atoms with van der Waals surface area (Å²) in [6, 6.07) is 25.1. The summed E-state index contributed by atoms with van der Waals surface area (Å²) in [5.74, 6) is -0.0782. The van der Waals surface area contributed by atoms with E-state index in [-0.39, 0.29) is 30.1 Å². The van der Waals surface area contributed by atoms with Gasteiger partial charge in [0.25, 0.3) is 5.56 Å². The number of hydrogen-bond acceptors (Lipinski definition) is 3. The second-order valence-corrected chi connectivity index (χ2v) is 8.52. The number of aromatic nitrogens is 2. The van der Waals surface area contributed by atoms with Crippen molar-refractivity contribution in [3.63, 3.8) is 0 Å². The number of rotatable bonds is 9. The molecule has 1 amide bonds. The maximum Gasteiger partial charge on any atom is 0.331 e. The van der Waals surface area contributed by atoms with Gasteiger partial charge in [0.1, 0.15) is 0 Å². The Bertz CT molecular complexity index is 1390. The number of hydrogen-bond donors (Lipinski definition) is 1. The van der Waals surface area contributed by atoms with Crippen molar-refractivity contribution in [1.29, 1.82) is 0 Å². The molecule has 0 saturated carbocycles.